The highest BCUT2D eigenvalue weighted by Gasteiger charge is 2.23. The van der Waals surface area contributed by atoms with Gasteiger partial charge in [-0.25, -0.2) is 9.78 Å². The molecule has 9 heteroatoms. The van der Waals surface area contributed by atoms with Gasteiger partial charge in [-0.15, -0.1) is 16.4 Å². The normalized spacial score (nSPS) is 10.9. The van der Waals surface area contributed by atoms with E-state index >= 15 is 0 Å². The number of thioether (sulfide) groups is 1. The average Bonchev–Trinajstić information content (AvgIpc) is 3.35. The van der Waals surface area contributed by atoms with Crippen LogP contribution in [0.2, 0.25) is 0 Å². The fourth-order valence-electron chi connectivity index (χ4n) is 2.78. The summed E-state index contributed by atoms with van der Waals surface area (Å²) in [6.45, 7) is 5.56. The maximum Gasteiger partial charge on any atom is 0.355 e. The van der Waals surface area contributed by atoms with Crippen molar-refractivity contribution < 1.29 is 14.3 Å². The van der Waals surface area contributed by atoms with Crippen molar-refractivity contribution in [2.75, 3.05) is 12.4 Å². The molecule has 0 fully saturated rings. The number of carbonyl (C=O) groups excluding carboxylic acids is 2. The number of esters is 1. The van der Waals surface area contributed by atoms with Crippen LogP contribution in [-0.4, -0.2) is 44.3 Å². The monoisotopic (exact) mass is 404 g/mol. The Morgan fingerprint density at radius 1 is 1.33 bits per heavy atom. The molecule has 0 aliphatic rings. The van der Waals surface area contributed by atoms with Crippen molar-refractivity contribution >= 4 is 34.9 Å². The van der Waals surface area contributed by atoms with Crippen molar-refractivity contribution in [1.29, 1.82) is 0 Å². The summed E-state index contributed by atoms with van der Waals surface area (Å²) < 4.78 is 5.02. The zero-order valence-electron chi connectivity index (χ0n) is 15.3. The SMILES string of the molecule is CCOC(=O)c1[nH]c(C)c(C(=O)CSc2n[nH]c(Cc3cccs3)n2)c1C. The molecular weight excluding hydrogens is 384 g/mol. The fourth-order valence-corrected chi connectivity index (χ4v) is 4.18. The van der Waals surface area contributed by atoms with Crippen molar-refractivity contribution in [3.05, 3.63) is 50.7 Å². The van der Waals surface area contributed by atoms with E-state index in [1.807, 2.05) is 17.5 Å². The van der Waals surface area contributed by atoms with E-state index in [-0.39, 0.29) is 18.1 Å². The van der Waals surface area contributed by atoms with Crippen LogP contribution < -0.4 is 0 Å². The lowest BCUT2D eigenvalue weighted by atomic mass is 10.1. The van der Waals surface area contributed by atoms with Gasteiger partial charge in [0.05, 0.1) is 12.4 Å². The van der Waals surface area contributed by atoms with Crippen molar-refractivity contribution in [3.63, 3.8) is 0 Å². The smallest absolute Gasteiger partial charge is 0.355 e. The number of rotatable bonds is 8. The molecule has 3 heterocycles. The molecule has 0 aromatic carbocycles. The number of aryl methyl sites for hydroxylation is 1. The minimum Gasteiger partial charge on any atom is -0.461 e. The summed E-state index contributed by atoms with van der Waals surface area (Å²) in [5.41, 5.74) is 2.14. The van der Waals surface area contributed by atoms with Crippen LogP contribution in [0.5, 0.6) is 0 Å². The second kappa shape index (κ2) is 8.53. The molecule has 0 bridgehead atoms. The third-order valence-electron chi connectivity index (χ3n) is 3.96. The first kappa shape index (κ1) is 19.4. The number of nitrogens with zero attached hydrogens (tertiary/aromatic N) is 2. The molecular formula is C18H20N4O3S2. The van der Waals surface area contributed by atoms with E-state index in [0.29, 0.717) is 34.1 Å². The standard InChI is InChI=1S/C18H20N4O3S2/c1-4-25-17(24)16-10(2)15(11(3)19-16)13(23)9-27-18-20-14(21-22-18)8-12-6-5-7-26-12/h5-7,19H,4,8-9H2,1-3H3,(H,20,21,22). The Balaban J connectivity index is 1.64. The minimum atomic E-state index is -0.447. The number of thiophene rings is 1. The molecule has 2 N–H and O–H groups in total. The van der Waals surface area contributed by atoms with Gasteiger partial charge >= 0.3 is 5.97 Å². The summed E-state index contributed by atoms with van der Waals surface area (Å²) in [7, 11) is 0. The maximum absolute atomic E-state index is 12.7. The second-order valence-corrected chi connectivity index (χ2v) is 7.85. The molecule has 0 amide bonds. The number of hydrogen-bond acceptors (Lipinski definition) is 7. The molecule has 0 atom stereocenters. The van der Waals surface area contributed by atoms with Crippen molar-refractivity contribution in [2.24, 2.45) is 0 Å². The molecule has 3 rings (SSSR count). The Kier molecular flexibility index (Phi) is 6.12. The number of aromatic nitrogens is 4. The first-order valence-corrected chi connectivity index (χ1v) is 10.3. The van der Waals surface area contributed by atoms with Crippen LogP contribution in [0.15, 0.2) is 22.7 Å². The molecule has 0 spiro atoms. The van der Waals surface area contributed by atoms with Crippen molar-refractivity contribution in [2.45, 2.75) is 32.3 Å². The van der Waals surface area contributed by atoms with Gasteiger partial charge in [-0.05, 0) is 37.8 Å². The number of hydrogen-bond donors (Lipinski definition) is 2. The van der Waals surface area contributed by atoms with Crippen molar-refractivity contribution in [3.8, 4) is 0 Å². The van der Waals surface area contributed by atoms with E-state index in [9.17, 15) is 9.59 Å². The first-order chi connectivity index (χ1) is 13.0. The number of ketones is 1. The molecule has 3 aromatic rings. The van der Waals surface area contributed by atoms with Gasteiger partial charge in [-0.1, -0.05) is 17.8 Å². The van der Waals surface area contributed by atoms with Crippen LogP contribution in [0.4, 0.5) is 0 Å². The number of H-pyrrole nitrogens is 2. The van der Waals surface area contributed by atoms with Gasteiger partial charge < -0.3 is 9.72 Å². The molecule has 0 radical (unpaired) electrons. The topological polar surface area (TPSA) is 101 Å². The molecule has 3 aromatic heterocycles. The zero-order valence-corrected chi connectivity index (χ0v) is 16.9. The number of carbonyl (C=O) groups is 2. The van der Waals surface area contributed by atoms with Gasteiger partial charge in [0.15, 0.2) is 5.78 Å². The van der Waals surface area contributed by atoms with Crippen LogP contribution in [0.3, 0.4) is 0 Å². The Labute approximate surface area is 164 Å². The Morgan fingerprint density at radius 2 is 2.15 bits per heavy atom. The van der Waals surface area contributed by atoms with E-state index in [4.69, 9.17) is 4.74 Å². The van der Waals surface area contributed by atoms with Crippen LogP contribution >= 0.6 is 23.1 Å². The van der Waals surface area contributed by atoms with E-state index < -0.39 is 5.97 Å². The quantitative estimate of drug-likeness (QED) is 0.338. The third-order valence-corrected chi connectivity index (χ3v) is 5.68. The van der Waals surface area contributed by atoms with Crippen LogP contribution in [0.1, 0.15) is 49.7 Å². The summed E-state index contributed by atoms with van der Waals surface area (Å²) in [5.74, 6) is 0.437. The van der Waals surface area contributed by atoms with E-state index in [1.54, 1.807) is 32.1 Å². The molecule has 0 saturated heterocycles. The van der Waals surface area contributed by atoms with Gasteiger partial charge in [-0.3, -0.25) is 9.89 Å². The molecule has 142 valence electrons. The molecule has 0 saturated carbocycles. The lowest BCUT2D eigenvalue weighted by Gasteiger charge is -2.02. The predicted molar refractivity (Wildman–Crippen MR) is 105 cm³/mol. The lowest BCUT2D eigenvalue weighted by Crippen LogP contribution is -2.08. The molecule has 0 unspecified atom stereocenters. The van der Waals surface area contributed by atoms with Crippen LogP contribution in [0, 0.1) is 13.8 Å². The van der Waals surface area contributed by atoms with Gasteiger partial charge in [0.1, 0.15) is 11.5 Å². The number of aromatic amines is 2. The number of nitrogens with one attached hydrogen (secondary N) is 2. The molecule has 7 nitrogen and oxygen atoms in total. The minimum absolute atomic E-state index is 0.0774. The van der Waals surface area contributed by atoms with Gasteiger partial charge in [0.25, 0.3) is 0 Å². The van der Waals surface area contributed by atoms with Gasteiger partial charge in [0.2, 0.25) is 5.16 Å². The highest BCUT2D eigenvalue weighted by molar-refractivity contribution is 7.99. The van der Waals surface area contributed by atoms with E-state index in [2.05, 4.69) is 20.2 Å². The third kappa shape index (κ3) is 4.48. The van der Waals surface area contributed by atoms with Gasteiger partial charge in [-0.2, -0.15) is 0 Å². The Hall–Kier alpha value is -2.39. The summed E-state index contributed by atoms with van der Waals surface area (Å²) in [5, 5.41) is 9.63. The van der Waals surface area contributed by atoms with E-state index in [1.165, 1.54) is 16.6 Å². The summed E-state index contributed by atoms with van der Waals surface area (Å²) in [6.07, 6.45) is 0.693. The summed E-state index contributed by atoms with van der Waals surface area (Å²) >= 11 is 2.94. The number of Topliss-reactive ketones (excluding diaryl/α,β-unsaturated/α-hetero) is 1. The number of ether oxygens (including phenoxy) is 1. The molecule has 27 heavy (non-hydrogen) atoms. The van der Waals surface area contributed by atoms with Gasteiger partial charge in [0, 0.05) is 22.6 Å². The first-order valence-electron chi connectivity index (χ1n) is 8.45. The maximum atomic E-state index is 12.7. The molecule has 0 aliphatic heterocycles. The largest absolute Gasteiger partial charge is 0.461 e. The zero-order chi connectivity index (χ0) is 19.4. The summed E-state index contributed by atoms with van der Waals surface area (Å²) in [4.78, 5) is 33.2. The van der Waals surface area contributed by atoms with E-state index in [0.717, 1.165) is 5.82 Å². The fraction of sp³-hybridized carbons (Fsp3) is 0.333. The van der Waals surface area contributed by atoms with Crippen LogP contribution in [-0.2, 0) is 11.2 Å². The summed E-state index contributed by atoms with van der Waals surface area (Å²) in [6, 6.07) is 4.04. The lowest BCUT2D eigenvalue weighted by molar-refractivity contribution is 0.0519. The average molecular weight is 405 g/mol. The second-order valence-electron chi connectivity index (χ2n) is 5.88. The molecule has 0 aliphatic carbocycles. The predicted octanol–water partition coefficient (Wildman–Crippen LogP) is 3.55. The van der Waals surface area contributed by atoms with Crippen molar-refractivity contribution in [1.82, 2.24) is 20.2 Å². The Bertz CT molecular complexity index is 944. The Morgan fingerprint density at radius 3 is 2.85 bits per heavy atom. The highest BCUT2D eigenvalue weighted by Crippen LogP contribution is 2.23. The highest BCUT2D eigenvalue weighted by atomic mass is 32.2. The van der Waals surface area contributed by atoms with Crippen LogP contribution in [0.25, 0.3) is 0 Å².